The fraction of sp³-hybridized carbons (Fsp3) is 0.500. The van der Waals surface area contributed by atoms with Crippen molar-refractivity contribution in [3.05, 3.63) is 21.1 Å². The second-order valence-corrected chi connectivity index (χ2v) is 16.4. The summed E-state index contributed by atoms with van der Waals surface area (Å²) in [5.41, 5.74) is 1.26. The van der Waals surface area contributed by atoms with Gasteiger partial charge in [-0.05, 0) is 23.7 Å². The van der Waals surface area contributed by atoms with Crippen molar-refractivity contribution in [1.29, 1.82) is 0 Å². The van der Waals surface area contributed by atoms with Crippen molar-refractivity contribution in [2.75, 3.05) is 22.1 Å². The zero-order valence-electron chi connectivity index (χ0n) is 21.7. The molecule has 15 heteroatoms. The molecule has 3 aromatic rings. The highest BCUT2D eigenvalue weighted by Gasteiger charge is 2.35. The third-order valence-electron chi connectivity index (χ3n) is 6.01. The number of carbonyl (C=O) groups excluding carboxylic acids is 4. The van der Waals surface area contributed by atoms with Crippen LogP contribution in [0, 0.1) is 10.8 Å². The molecule has 2 aliphatic rings. The average Bonchev–Trinajstić information content (AvgIpc) is 3.53. The summed E-state index contributed by atoms with van der Waals surface area (Å²) in [4.78, 5) is 59.9. The SMILES string of the molecule is CC1(C)CC(=O)c2sc(NC(=O)CSc3nnc(SCC(=O)Nc4nc5c(s4)C(=O)CC(C)(C)C5)s3)nc2C1. The number of nitrogens with zero attached hydrogens (tertiary/aromatic N) is 4. The fourth-order valence-corrected chi connectivity index (χ4v) is 8.92. The molecule has 0 spiro atoms. The Morgan fingerprint density at radius 1 is 0.718 bits per heavy atom. The second-order valence-electron chi connectivity index (χ2n) is 11.0. The molecule has 2 aliphatic carbocycles. The second kappa shape index (κ2) is 11.0. The van der Waals surface area contributed by atoms with E-state index in [2.05, 4.69) is 30.8 Å². The van der Waals surface area contributed by atoms with Crippen molar-refractivity contribution in [2.24, 2.45) is 10.8 Å². The van der Waals surface area contributed by atoms with Crippen molar-refractivity contribution in [1.82, 2.24) is 20.2 Å². The maximum absolute atomic E-state index is 12.5. The maximum atomic E-state index is 12.5. The molecule has 3 heterocycles. The standard InChI is InChI=1S/C24H26N6O4S5/c1-23(2)5-11-17(13(31)7-23)37-19(25-11)27-15(33)9-35-21-29-30-22(39-21)36-10-16(34)28-20-26-12-6-24(3,4)8-14(32)18(12)38-20/h5-10H2,1-4H3,(H,25,27,33)(H,26,28,34). The van der Waals surface area contributed by atoms with Crippen LogP contribution in [0.3, 0.4) is 0 Å². The van der Waals surface area contributed by atoms with Gasteiger partial charge in [0, 0.05) is 12.8 Å². The number of ketones is 2. The van der Waals surface area contributed by atoms with E-state index >= 15 is 0 Å². The first-order valence-corrected chi connectivity index (χ1v) is 16.5. The Morgan fingerprint density at radius 3 is 1.54 bits per heavy atom. The van der Waals surface area contributed by atoms with Crippen LogP contribution in [0.5, 0.6) is 0 Å². The summed E-state index contributed by atoms with van der Waals surface area (Å²) in [6.45, 7) is 8.17. The molecule has 0 atom stereocenters. The molecule has 3 aromatic heterocycles. The zero-order chi connectivity index (χ0) is 27.9. The van der Waals surface area contributed by atoms with Gasteiger partial charge < -0.3 is 10.6 Å². The number of Topliss-reactive ketones (excluding diaryl/α,β-unsaturated/α-hetero) is 2. The number of hydrogen-bond acceptors (Lipinski definition) is 13. The van der Waals surface area contributed by atoms with Gasteiger partial charge in [0.05, 0.1) is 32.6 Å². The quantitative estimate of drug-likeness (QED) is 0.321. The number of anilines is 2. The Kier molecular flexibility index (Phi) is 7.99. The molecule has 0 bridgehead atoms. The van der Waals surface area contributed by atoms with Crippen molar-refractivity contribution in [3.8, 4) is 0 Å². The number of rotatable bonds is 8. The predicted octanol–water partition coefficient (Wildman–Crippen LogP) is 5.22. The van der Waals surface area contributed by atoms with E-state index < -0.39 is 0 Å². The van der Waals surface area contributed by atoms with Crippen molar-refractivity contribution in [3.63, 3.8) is 0 Å². The monoisotopic (exact) mass is 622 g/mol. The predicted molar refractivity (Wildman–Crippen MR) is 156 cm³/mol. The minimum Gasteiger partial charge on any atom is -0.301 e. The largest absolute Gasteiger partial charge is 0.301 e. The Hall–Kier alpha value is -2.20. The van der Waals surface area contributed by atoms with Gasteiger partial charge in [-0.3, -0.25) is 19.2 Å². The van der Waals surface area contributed by atoms with Gasteiger partial charge in [0.15, 0.2) is 30.5 Å². The molecule has 206 valence electrons. The van der Waals surface area contributed by atoms with Gasteiger partial charge in [-0.15, -0.1) is 10.2 Å². The van der Waals surface area contributed by atoms with Gasteiger partial charge in [-0.25, -0.2) is 9.97 Å². The highest BCUT2D eigenvalue weighted by molar-refractivity contribution is 8.03. The fourth-order valence-electron chi connectivity index (χ4n) is 4.43. The number of fused-ring (bicyclic) bond motifs is 2. The molecule has 0 radical (unpaired) electrons. The lowest BCUT2D eigenvalue weighted by atomic mass is 9.78. The van der Waals surface area contributed by atoms with Gasteiger partial charge in [-0.2, -0.15) is 0 Å². The molecule has 0 unspecified atom stereocenters. The van der Waals surface area contributed by atoms with Gasteiger partial charge in [0.1, 0.15) is 0 Å². The lowest BCUT2D eigenvalue weighted by Gasteiger charge is -2.26. The molecule has 5 rings (SSSR count). The number of hydrogen-bond donors (Lipinski definition) is 2. The summed E-state index contributed by atoms with van der Waals surface area (Å²) in [6, 6.07) is 0. The minimum atomic E-state index is -0.241. The highest BCUT2D eigenvalue weighted by Crippen LogP contribution is 2.39. The van der Waals surface area contributed by atoms with Crippen LogP contribution >= 0.6 is 57.5 Å². The van der Waals surface area contributed by atoms with Gasteiger partial charge in [0.25, 0.3) is 0 Å². The van der Waals surface area contributed by atoms with Gasteiger partial charge >= 0.3 is 0 Å². The number of aromatic nitrogens is 4. The number of carbonyl (C=O) groups is 4. The Bertz CT molecular complexity index is 1370. The Labute approximate surface area is 245 Å². The number of thioether (sulfide) groups is 2. The summed E-state index contributed by atoms with van der Waals surface area (Å²) >= 11 is 6.24. The molecule has 0 saturated heterocycles. The van der Waals surface area contributed by atoms with Gasteiger partial charge in [-0.1, -0.05) is 85.2 Å². The molecule has 0 aromatic carbocycles. The van der Waals surface area contributed by atoms with Crippen LogP contribution in [0.1, 0.15) is 71.3 Å². The van der Waals surface area contributed by atoms with E-state index in [9.17, 15) is 19.2 Å². The first-order chi connectivity index (χ1) is 18.4. The summed E-state index contributed by atoms with van der Waals surface area (Å²) in [5, 5.41) is 14.6. The molecule has 2 N–H and O–H groups in total. The molecular formula is C24H26N6O4S5. The lowest BCUT2D eigenvalue weighted by molar-refractivity contribution is -0.114. The van der Waals surface area contributed by atoms with E-state index in [-0.39, 0.29) is 45.7 Å². The normalized spacial score (nSPS) is 17.4. The van der Waals surface area contributed by atoms with Crippen LogP contribution in [-0.4, -0.2) is 55.1 Å². The number of amides is 2. The first kappa shape index (κ1) is 28.3. The van der Waals surface area contributed by atoms with Gasteiger partial charge in [0.2, 0.25) is 11.8 Å². The lowest BCUT2D eigenvalue weighted by Crippen LogP contribution is -2.26. The number of thiazole rings is 2. The average molecular weight is 623 g/mol. The Balaban J connectivity index is 1.07. The first-order valence-electron chi connectivity index (χ1n) is 12.1. The maximum Gasteiger partial charge on any atom is 0.236 e. The number of nitrogens with one attached hydrogen (secondary N) is 2. The van der Waals surface area contributed by atoms with Crippen molar-refractivity contribution in [2.45, 2.75) is 62.1 Å². The van der Waals surface area contributed by atoms with E-state index in [1.165, 1.54) is 57.5 Å². The van der Waals surface area contributed by atoms with Crippen LogP contribution in [-0.2, 0) is 22.4 Å². The van der Waals surface area contributed by atoms with E-state index in [1.807, 2.05) is 27.7 Å². The van der Waals surface area contributed by atoms with Crippen LogP contribution in [0.4, 0.5) is 10.3 Å². The molecule has 0 saturated carbocycles. The summed E-state index contributed by atoms with van der Waals surface area (Å²) in [6.07, 6.45) is 2.39. The highest BCUT2D eigenvalue weighted by atomic mass is 32.2. The molecule has 0 aliphatic heterocycles. The van der Waals surface area contributed by atoms with E-state index in [1.54, 1.807) is 0 Å². The van der Waals surface area contributed by atoms with E-state index in [0.717, 1.165) is 11.4 Å². The van der Waals surface area contributed by atoms with Crippen LogP contribution in [0.2, 0.25) is 0 Å². The molecule has 39 heavy (non-hydrogen) atoms. The van der Waals surface area contributed by atoms with Crippen LogP contribution in [0.15, 0.2) is 8.68 Å². The zero-order valence-corrected chi connectivity index (χ0v) is 25.8. The Morgan fingerprint density at radius 2 is 1.13 bits per heavy atom. The molecule has 2 amide bonds. The summed E-state index contributed by atoms with van der Waals surface area (Å²) < 4.78 is 1.22. The van der Waals surface area contributed by atoms with E-state index in [0.29, 0.717) is 54.4 Å². The minimum absolute atomic E-state index is 0.0751. The van der Waals surface area contributed by atoms with Crippen molar-refractivity contribution < 1.29 is 19.2 Å². The summed E-state index contributed by atoms with van der Waals surface area (Å²) in [7, 11) is 0. The van der Waals surface area contributed by atoms with Crippen molar-refractivity contribution >= 4 is 91.2 Å². The van der Waals surface area contributed by atoms with Crippen LogP contribution < -0.4 is 10.6 Å². The smallest absolute Gasteiger partial charge is 0.236 e. The third-order valence-corrected chi connectivity index (χ3v) is 11.3. The molecule has 10 nitrogen and oxygen atoms in total. The topological polar surface area (TPSA) is 144 Å². The third kappa shape index (κ3) is 6.93. The van der Waals surface area contributed by atoms with Crippen LogP contribution in [0.25, 0.3) is 0 Å². The molecular weight excluding hydrogens is 597 g/mol. The summed E-state index contributed by atoms with van der Waals surface area (Å²) in [5.74, 6) is -0.0945. The molecule has 0 fully saturated rings. The van der Waals surface area contributed by atoms with E-state index in [4.69, 9.17) is 0 Å².